The summed E-state index contributed by atoms with van der Waals surface area (Å²) < 4.78 is 0. The van der Waals surface area contributed by atoms with Gasteiger partial charge in [0.1, 0.15) is 0 Å². The zero-order valence-electron chi connectivity index (χ0n) is 6.51. The molecule has 0 bridgehead atoms. The molecule has 1 heteroatoms. The first-order chi connectivity index (χ1) is 5.42. The van der Waals surface area contributed by atoms with Crippen molar-refractivity contribution in [1.29, 1.82) is 0 Å². The smallest absolute Gasteiger partial charge is 0.0326 e. The fourth-order valence-corrected chi connectivity index (χ4v) is 1.77. The van der Waals surface area contributed by atoms with Crippen LogP contribution in [0.5, 0.6) is 0 Å². The van der Waals surface area contributed by atoms with Crippen LogP contribution in [0, 0.1) is 7.05 Å². The van der Waals surface area contributed by atoms with E-state index in [0.29, 0.717) is 6.04 Å². The number of hydrogen-bond acceptors (Lipinski definition) is 1. The predicted molar refractivity (Wildman–Crippen MR) is 46.0 cm³/mol. The van der Waals surface area contributed by atoms with Crippen molar-refractivity contribution < 1.29 is 0 Å². The van der Waals surface area contributed by atoms with Crippen LogP contribution >= 0.6 is 0 Å². The number of fused-ring (bicyclic) bond motifs is 1. The molecule has 1 atom stereocenters. The van der Waals surface area contributed by atoms with Gasteiger partial charge in [0.15, 0.2) is 0 Å². The Labute approximate surface area is 67.4 Å². The topological polar surface area (TPSA) is 12.0 Å². The number of hydrogen-bond donors (Lipinski definition) is 1. The summed E-state index contributed by atoms with van der Waals surface area (Å²) in [5.41, 5.74) is 2.91. The van der Waals surface area contributed by atoms with Crippen molar-refractivity contribution in [2.45, 2.75) is 18.9 Å². The molecule has 0 fully saturated rings. The van der Waals surface area contributed by atoms with Crippen LogP contribution in [0.4, 0.5) is 0 Å². The lowest BCUT2D eigenvalue weighted by molar-refractivity contribution is 0.614. The summed E-state index contributed by atoms with van der Waals surface area (Å²) in [5.74, 6) is 0. The second-order valence-corrected chi connectivity index (χ2v) is 2.99. The van der Waals surface area contributed by atoms with E-state index < -0.39 is 0 Å². The summed E-state index contributed by atoms with van der Waals surface area (Å²) >= 11 is 0. The molecule has 0 spiro atoms. The molecule has 1 aromatic carbocycles. The molecule has 1 aliphatic rings. The Morgan fingerprint density at radius 3 is 3.00 bits per heavy atom. The van der Waals surface area contributed by atoms with Gasteiger partial charge in [-0.3, -0.25) is 0 Å². The van der Waals surface area contributed by atoms with Gasteiger partial charge in [-0.2, -0.15) is 0 Å². The zero-order chi connectivity index (χ0) is 7.68. The van der Waals surface area contributed by atoms with Crippen molar-refractivity contribution in [2.75, 3.05) is 0 Å². The molecule has 1 aromatic rings. The van der Waals surface area contributed by atoms with Crippen molar-refractivity contribution in [3.05, 3.63) is 42.4 Å². The van der Waals surface area contributed by atoms with Crippen molar-refractivity contribution >= 4 is 0 Å². The van der Waals surface area contributed by atoms with Crippen LogP contribution in [0.2, 0.25) is 0 Å². The van der Waals surface area contributed by atoms with Gasteiger partial charge in [0.2, 0.25) is 0 Å². The molecule has 1 nitrogen and oxygen atoms in total. The molecule has 0 amide bonds. The molecule has 1 aliphatic carbocycles. The molecule has 0 aliphatic heterocycles. The van der Waals surface area contributed by atoms with Crippen LogP contribution in [-0.4, -0.2) is 0 Å². The number of rotatable bonds is 1. The molecule has 1 radical (unpaired) electrons. The molecule has 0 heterocycles. The van der Waals surface area contributed by atoms with Gasteiger partial charge in [-0.15, -0.1) is 0 Å². The highest BCUT2D eigenvalue weighted by atomic mass is 14.9. The quantitative estimate of drug-likeness (QED) is 0.639. The van der Waals surface area contributed by atoms with Gasteiger partial charge in [-0.05, 0) is 24.0 Å². The van der Waals surface area contributed by atoms with E-state index >= 15 is 0 Å². The zero-order valence-corrected chi connectivity index (χ0v) is 6.51. The Balaban J connectivity index is 2.39. The van der Waals surface area contributed by atoms with Crippen molar-refractivity contribution in [2.24, 2.45) is 0 Å². The van der Waals surface area contributed by atoms with E-state index in [1.54, 1.807) is 0 Å². The first-order valence-corrected chi connectivity index (χ1v) is 4.02. The van der Waals surface area contributed by atoms with E-state index in [4.69, 9.17) is 0 Å². The number of benzene rings is 1. The molecule has 0 aromatic heterocycles. The normalized spacial score (nSPS) is 21.7. The molecule has 1 N–H and O–H groups in total. The third kappa shape index (κ3) is 1.05. The van der Waals surface area contributed by atoms with E-state index in [1.807, 2.05) is 0 Å². The Morgan fingerprint density at radius 1 is 1.36 bits per heavy atom. The third-order valence-electron chi connectivity index (χ3n) is 2.38. The third-order valence-corrected chi connectivity index (χ3v) is 2.38. The maximum atomic E-state index is 3.72. The van der Waals surface area contributed by atoms with Crippen molar-refractivity contribution in [3.8, 4) is 0 Å². The first-order valence-electron chi connectivity index (χ1n) is 4.02. The van der Waals surface area contributed by atoms with E-state index in [2.05, 4.69) is 36.6 Å². The van der Waals surface area contributed by atoms with E-state index in [9.17, 15) is 0 Å². The minimum absolute atomic E-state index is 0.492. The van der Waals surface area contributed by atoms with Crippen LogP contribution in [0.3, 0.4) is 0 Å². The highest BCUT2D eigenvalue weighted by Gasteiger charge is 2.19. The summed E-state index contributed by atoms with van der Waals surface area (Å²) in [6, 6.07) is 9.07. The van der Waals surface area contributed by atoms with Gasteiger partial charge in [0.25, 0.3) is 0 Å². The maximum Gasteiger partial charge on any atom is 0.0326 e. The summed E-state index contributed by atoms with van der Waals surface area (Å²) in [5, 5.41) is 3.07. The molecule has 57 valence electrons. The van der Waals surface area contributed by atoms with Crippen LogP contribution in [0.1, 0.15) is 23.6 Å². The molecule has 0 saturated carbocycles. The molecule has 0 saturated heterocycles. The van der Waals surface area contributed by atoms with E-state index in [-0.39, 0.29) is 0 Å². The maximum absolute atomic E-state index is 3.72. The molecule has 11 heavy (non-hydrogen) atoms. The summed E-state index contributed by atoms with van der Waals surface area (Å²) in [6.07, 6.45) is 2.40. The van der Waals surface area contributed by atoms with E-state index in [0.717, 1.165) is 0 Å². The molecular formula is C10H12N. The summed E-state index contributed by atoms with van der Waals surface area (Å²) in [4.78, 5) is 0. The van der Waals surface area contributed by atoms with Gasteiger partial charge in [-0.25, -0.2) is 0 Å². The molecule has 1 unspecified atom stereocenters. The largest absolute Gasteiger partial charge is 0.309 e. The van der Waals surface area contributed by atoms with Crippen LogP contribution in [0.25, 0.3) is 0 Å². The average Bonchev–Trinajstić information content (AvgIpc) is 2.47. The Kier molecular flexibility index (Phi) is 1.66. The molecular weight excluding hydrogens is 134 g/mol. The first kappa shape index (κ1) is 6.86. The standard InChI is InChI=1S/C10H12N/c1-11-10-7-6-8-4-2-3-5-9(8)10/h2-5,10-11H,1,6-7H2. The van der Waals surface area contributed by atoms with Gasteiger partial charge in [-0.1, -0.05) is 24.3 Å². The lowest BCUT2D eigenvalue weighted by atomic mass is 10.1. The average molecular weight is 146 g/mol. The van der Waals surface area contributed by atoms with Crippen molar-refractivity contribution in [3.63, 3.8) is 0 Å². The van der Waals surface area contributed by atoms with Crippen LogP contribution in [0.15, 0.2) is 24.3 Å². The van der Waals surface area contributed by atoms with Gasteiger partial charge < -0.3 is 5.32 Å². The fourth-order valence-electron chi connectivity index (χ4n) is 1.77. The highest BCUT2D eigenvalue weighted by Crippen LogP contribution is 2.29. The second-order valence-electron chi connectivity index (χ2n) is 2.99. The summed E-state index contributed by atoms with van der Waals surface area (Å²) in [6.45, 7) is 0. The Bertz CT molecular complexity index is 255. The monoisotopic (exact) mass is 146 g/mol. The fraction of sp³-hybridized carbons (Fsp3) is 0.300. The van der Waals surface area contributed by atoms with Crippen LogP contribution in [-0.2, 0) is 6.42 Å². The lowest BCUT2D eigenvalue weighted by Gasteiger charge is -2.08. The highest BCUT2D eigenvalue weighted by molar-refractivity contribution is 5.34. The van der Waals surface area contributed by atoms with E-state index in [1.165, 1.54) is 24.0 Å². The van der Waals surface area contributed by atoms with Gasteiger partial charge in [0, 0.05) is 13.1 Å². The minimum Gasteiger partial charge on any atom is -0.309 e. The minimum atomic E-state index is 0.492. The van der Waals surface area contributed by atoms with Crippen molar-refractivity contribution in [1.82, 2.24) is 5.32 Å². The van der Waals surface area contributed by atoms with Gasteiger partial charge >= 0.3 is 0 Å². The lowest BCUT2D eigenvalue weighted by Crippen LogP contribution is -2.09. The SMILES string of the molecule is [CH2]NC1CCc2ccccc21. The Morgan fingerprint density at radius 2 is 2.18 bits per heavy atom. The number of nitrogens with one attached hydrogen (secondary N) is 1. The predicted octanol–water partition coefficient (Wildman–Crippen LogP) is 2.06. The second kappa shape index (κ2) is 2.67. The number of aryl methyl sites for hydroxylation is 1. The Hall–Kier alpha value is -0.820. The molecule has 2 rings (SSSR count). The summed E-state index contributed by atoms with van der Waals surface area (Å²) in [7, 11) is 3.72. The van der Waals surface area contributed by atoms with Crippen LogP contribution < -0.4 is 5.32 Å². The van der Waals surface area contributed by atoms with Gasteiger partial charge in [0.05, 0.1) is 0 Å².